The summed E-state index contributed by atoms with van der Waals surface area (Å²) in [5, 5.41) is 0.843. The maximum absolute atomic E-state index is 13.2. The minimum Gasteiger partial charge on any atom is -0.273 e. The second kappa shape index (κ2) is 8.57. The molecule has 0 saturated carbocycles. The first-order chi connectivity index (χ1) is 12.6. The van der Waals surface area contributed by atoms with Crippen LogP contribution in [0.2, 0.25) is 0 Å². The third-order valence-electron chi connectivity index (χ3n) is 3.39. The van der Waals surface area contributed by atoms with Crippen molar-refractivity contribution >= 4 is 27.9 Å². The van der Waals surface area contributed by atoms with Gasteiger partial charge in [-0.2, -0.15) is 13.2 Å². The second-order valence-corrected chi connectivity index (χ2v) is 8.45. The molecule has 0 aliphatic heterocycles. The lowest BCUT2D eigenvalue weighted by Gasteiger charge is -2.10. The molecule has 0 unspecified atom stereocenters. The van der Waals surface area contributed by atoms with Gasteiger partial charge in [0.2, 0.25) is 15.0 Å². The first kappa shape index (κ1) is 21.0. The van der Waals surface area contributed by atoms with Crippen LogP contribution in [-0.4, -0.2) is 30.9 Å². The summed E-state index contributed by atoms with van der Waals surface area (Å²) in [6, 6.07) is 3.96. The summed E-state index contributed by atoms with van der Waals surface area (Å²) in [5.41, 5.74) is -0.645. The molecule has 0 spiro atoms. The molecule has 27 heavy (non-hydrogen) atoms. The average Bonchev–Trinajstić information content (AvgIpc) is 3.14. The third kappa shape index (κ3) is 5.83. The van der Waals surface area contributed by atoms with Gasteiger partial charge in [-0.3, -0.25) is 4.99 Å². The molecule has 10 heteroatoms. The molecule has 2 rings (SSSR count). The number of thiophene rings is 1. The highest BCUT2D eigenvalue weighted by molar-refractivity contribution is 7.91. The zero-order chi connectivity index (χ0) is 20.1. The molecule has 0 N–H and O–H groups in total. The van der Waals surface area contributed by atoms with Gasteiger partial charge in [0.05, 0.1) is 16.3 Å². The molecule has 0 aromatic carbocycles. The number of sulfone groups is 1. The van der Waals surface area contributed by atoms with Crippen LogP contribution in [0.15, 0.2) is 57.7 Å². The molecule has 2 heterocycles. The van der Waals surface area contributed by atoms with E-state index < -0.39 is 32.6 Å². The Hall–Kier alpha value is -2.33. The maximum atomic E-state index is 13.2. The number of alkyl halides is 3. The normalized spacial score (nSPS) is 13.3. The fourth-order valence-electron chi connectivity index (χ4n) is 2.00. The highest BCUT2D eigenvalue weighted by atomic mass is 32.2. The van der Waals surface area contributed by atoms with Crippen LogP contribution in [-0.2, 0) is 16.0 Å². The van der Waals surface area contributed by atoms with Crippen LogP contribution in [0.3, 0.4) is 0 Å². The molecule has 0 bridgehead atoms. The van der Waals surface area contributed by atoms with Gasteiger partial charge in [0.25, 0.3) is 0 Å². The van der Waals surface area contributed by atoms with Crippen LogP contribution in [0, 0.1) is 0 Å². The average molecular weight is 415 g/mol. The molecule has 0 aliphatic carbocycles. The summed E-state index contributed by atoms with van der Waals surface area (Å²) in [6.45, 7) is 4.97. The lowest BCUT2D eigenvalue weighted by Crippen LogP contribution is -2.17. The summed E-state index contributed by atoms with van der Waals surface area (Å²) < 4.78 is 64.5. The predicted octanol–water partition coefficient (Wildman–Crippen LogP) is 4.55. The zero-order valence-corrected chi connectivity index (χ0v) is 15.9. The van der Waals surface area contributed by atoms with E-state index in [1.807, 2.05) is 0 Å². The smallest absolute Gasteiger partial charge is 0.273 e. The van der Waals surface area contributed by atoms with Crippen molar-refractivity contribution in [2.75, 3.05) is 5.75 Å². The molecular formula is C17H16F3N3O2S2. The van der Waals surface area contributed by atoms with E-state index in [4.69, 9.17) is 0 Å². The van der Waals surface area contributed by atoms with E-state index >= 15 is 0 Å². The molecule has 0 aliphatic rings. The Morgan fingerprint density at radius 2 is 2.11 bits per heavy atom. The molecule has 0 radical (unpaired) electrons. The van der Waals surface area contributed by atoms with Crippen LogP contribution in [0.4, 0.5) is 13.2 Å². The van der Waals surface area contributed by atoms with Gasteiger partial charge in [0.1, 0.15) is 5.69 Å². The standard InChI is InChI=1S/C17H16F3N3O2S2/c1-12(5-3-8-21-2)7-10-27(24,25)16-22-13(14-6-4-9-26-14)11-15(23-16)17(18,19)20/h3-6,8-9,11H,2,7,10H2,1H3/b8-3-,12-5+. The Labute approximate surface area is 158 Å². The molecule has 2 aromatic rings. The van der Waals surface area contributed by atoms with Crippen molar-refractivity contribution in [2.24, 2.45) is 4.99 Å². The number of aliphatic imine (C=N–C) groups is 1. The zero-order valence-electron chi connectivity index (χ0n) is 14.3. The van der Waals surface area contributed by atoms with Gasteiger partial charge < -0.3 is 0 Å². The molecule has 5 nitrogen and oxygen atoms in total. The van der Waals surface area contributed by atoms with Crippen molar-refractivity contribution in [3.8, 4) is 10.6 Å². The summed E-state index contributed by atoms with van der Waals surface area (Å²) in [7, 11) is -4.10. The van der Waals surface area contributed by atoms with Crippen LogP contribution in [0.1, 0.15) is 19.0 Å². The van der Waals surface area contributed by atoms with Gasteiger partial charge in [-0.25, -0.2) is 18.4 Å². The summed E-state index contributed by atoms with van der Waals surface area (Å²) in [6.07, 6.45) is 0.00932. The van der Waals surface area contributed by atoms with Gasteiger partial charge in [0, 0.05) is 6.20 Å². The number of nitrogens with zero attached hydrogens (tertiary/aromatic N) is 3. The minimum absolute atomic E-state index is 0.0712. The molecule has 144 valence electrons. The number of hydrogen-bond acceptors (Lipinski definition) is 6. The largest absolute Gasteiger partial charge is 0.433 e. The van der Waals surface area contributed by atoms with Gasteiger partial charge >= 0.3 is 6.18 Å². The second-order valence-electron chi connectivity index (χ2n) is 5.50. The highest BCUT2D eigenvalue weighted by Crippen LogP contribution is 2.32. The van der Waals surface area contributed by atoms with Crippen molar-refractivity contribution in [1.29, 1.82) is 0 Å². The van der Waals surface area contributed by atoms with E-state index in [9.17, 15) is 21.6 Å². The SMILES string of the molecule is C=N/C=C\C=C(/C)CCS(=O)(=O)c1nc(-c2cccs2)cc(C(F)(F)F)n1. The molecule has 0 fully saturated rings. The van der Waals surface area contributed by atoms with Gasteiger partial charge in [-0.1, -0.05) is 17.7 Å². The van der Waals surface area contributed by atoms with Crippen molar-refractivity contribution in [3.05, 3.63) is 53.2 Å². The van der Waals surface area contributed by atoms with Gasteiger partial charge in [0.15, 0.2) is 0 Å². The first-order valence-electron chi connectivity index (χ1n) is 7.64. The number of halogens is 3. The van der Waals surface area contributed by atoms with E-state index in [0.717, 1.165) is 17.4 Å². The van der Waals surface area contributed by atoms with Crippen molar-refractivity contribution in [1.82, 2.24) is 9.97 Å². The Bertz CT molecular complexity index is 964. The van der Waals surface area contributed by atoms with E-state index in [1.165, 1.54) is 6.20 Å². The van der Waals surface area contributed by atoms with E-state index in [2.05, 4.69) is 21.7 Å². The fraction of sp³-hybridized carbons (Fsp3) is 0.235. The Morgan fingerprint density at radius 3 is 2.70 bits per heavy atom. The Balaban J connectivity index is 2.38. The van der Waals surface area contributed by atoms with Crippen LogP contribution in [0.25, 0.3) is 10.6 Å². The monoisotopic (exact) mass is 415 g/mol. The van der Waals surface area contributed by atoms with Crippen LogP contribution in [0.5, 0.6) is 0 Å². The lowest BCUT2D eigenvalue weighted by molar-refractivity contribution is -0.141. The minimum atomic E-state index is -4.78. The van der Waals surface area contributed by atoms with Gasteiger partial charge in [-0.05, 0) is 43.7 Å². The number of rotatable bonds is 7. The van der Waals surface area contributed by atoms with Crippen molar-refractivity contribution < 1.29 is 21.6 Å². The molecular weight excluding hydrogens is 399 g/mol. The Kier molecular flexibility index (Phi) is 6.66. The quantitative estimate of drug-likeness (QED) is 0.378. The summed E-state index contributed by atoms with van der Waals surface area (Å²) >= 11 is 1.16. The Morgan fingerprint density at radius 1 is 1.37 bits per heavy atom. The van der Waals surface area contributed by atoms with Gasteiger partial charge in [-0.15, -0.1) is 11.3 Å². The topological polar surface area (TPSA) is 72.3 Å². The number of aromatic nitrogens is 2. The molecule has 0 saturated heterocycles. The predicted molar refractivity (Wildman–Crippen MR) is 99.5 cm³/mol. The van der Waals surface area contributed by atoms with Crippen LogP contribution < -0.4 is 0 Å². The first-order valence-corrected chi connectivity index (χ1v) is 10.2. The highest BCUT2D eigenvalue weighted by Gasteiger charge is 2.35. The lowest BCUT2D eigenvalue weighted by atomic mass is 10.2. The maximum Gasteiger partial charge on any atom is 0.433 e. The summed E-state index contributed by atoms with van der Waals surface area (Å²) in [5.74, 6) is -0.407. The molecule has 0 atom stereocenters. The molecule has 0 amide bonds. The van der Waals surface area contributed by atoms with Crippen molar-refractivity contribution in [2.45, 2.75) is 24.7 Å². The summed E-state index contributed by atoms with van der Waals surface area (Å²) in [4.78, 5) is 11.1. The van der Waals surface area contributed by atoms with Crippen LogP contribution >= 0.6 is 11.3 Å². The van der Waals surface area contributed by atoms with Crippen molar-refractivity contribution in [3.63, 3.8) is 0 Å². The fourth-order valence-corrected chi connectivity index (χ4v) is 3.93. The number of allylic oxidation sites excluding steroid dienone is 3. The molecule has 2 aromatic heterocycles. The number of hydrogen-bond donors (Lipinski definition) is 0. The van der Waals surface area contributed by atoms with E-state index in [0.29, 0.717) is 10.5 Å². The third-order valence-corrected chi connectivity index (χ3v) is 5.76. The van der Waals surface area contributed by atoms with E-state index in [-0.39, 0.29) is 12.1 Å². The van der Waals surface area contributed by atoms with E-state index in [1.54, 1.807) is 36.6 Å².